The van der Waals surface area contributed by atoms with Crippen molar-refractivity contribution in [1.82, 2.24) is 9.97 Å². The van der Waals surface area contributed by atoms with E-state index in [1.54, 1.807) is 29.4 Å². The second kappa shape index (κ2) is 7.55. The fourth-order valence-electron chi connectivity index (χ4n) is 2.25. The maximum absolute atomic E-state index is 13.0. The number of carbonyl (C=O) groups excluding carboxylic acids is 1. The van der Waals surface area contributed by atoms with Crippen LogP contribution in [0.3, 0.4) is 0 Å². The third-order valence-electron chi connectivity index (χ3n) is 3.42. The first-order chi connectivity index (χ1) is 11.6. The molecule has 0 saturated heterocycles. The highest BCUT2D eigenvalue weighted by Crippen LogP contribution is 2.24. The number of amides is 1. The largest absolute Gasteiger partial charge is 0.302 e. The molecule has 0 bridgehead atoms. The predicted octanol–water partition coefficient (Wildman–Crippen LogP) is 4.74. The monoisotopic (exact) mass is 401 g/mol. The van der Waals surface area contributed by atoms with Gasteiger partial charge in [0, 0.05) is 22.6 Å². The summed E-state index contributed by atoms with van der Waals surface area (Å²) in [5, 5.41) is 0.186. The smallest absolute Gasteiger partial charge is 0.261 e. The van der Waals surface area contributed by atoms with E-state index in [0.29, 0.717) is 12.1 Å². The Labute approximate surface area is 153 Å². The van der Waals surface area contributed by atoms with Gasteiger partial charge in [0.05, 0.1) is 17.8 Å². The lowest BCUT2D eigenvalue weighted by atomic mass is 10.2. The van der Waals surface area contributed by atoms with Gasteiger partial charge in [-0.1, -0.05) is 33.6 Å². The summed E-state index contributed by atoms with van der Waals surface area (Å²) in [4.78, 5) is 23.0. The molecule has 4 nitrogen and oxygen atoms in total. The number of aromatic nitrogens is 2. The summed E-state index contributed by atoms with van der Waals surface area (Å²) in [7, 11) is 0. The van der Waals surface area contributed by atoms with Crippen LogP contribution in [0.1, 0.15) is 16.1 Å². The number of hydrogen-bond donors (Lipinski definition) is 0. The minimum atomic E-state index is -0.221. The van der Waals surface area contributed by atoms with E-state index in [1.807, 2.05) is 42.5 Å². The first kappa shape index (κ1) is 16.6. The van der Waals surface area contributed by atoms with Gasteiger partial charge in [-0.15, -0.1) is 0 Å². The van der Waals surface area contributed by atoms with Crippen LogP contribution < -0.4 is 4.90 Å². The maximum atomic E-state index is 13.0. The summed E-state index contributed by atoms with van der Waals surface area (Å²) in [5.41, 5.74) is 1.90. The first-order valence-electron chi connectivity index (χ1n) is 7.23. The zero-order chi connectivity index (χ0) is 16.9. The molecular weight excluding hydrogens is 390 g/mol. The van der Waals surface area contributed by atoms with Crippen molar-refractivity contribution >= 4 is 39.1 Å². The standard InChI is InChI=1S/C18H13BrClN3O/c19-13-6-8-15(9-7-13)23(12-14-4-1-2-10-21-14)18(24)16-5-3-11-22-17(16)20/h1-11H,12H2. The molecule has 3 aromatic rings. The highest BCUT2D eigenvalue weighted by Gasteiger charge is 2.21. The predicted molar refractivity (Wildman–Crippen MR) is 98.1 cm³/mol. The van der Waals surface area contributed by atoms with E-state index in [0.717, 1.165) is 15.9 Å². The van der Waals surface area contributed by atoms with Crippen LogP contribution in [0.2, 0.25) is 5.15 Å². The van der Waals surface area contributed by atoms with Crippen molar-refractivity contribution in [3.05, 3.63) is 87.9 Å². The van der Waals surface area contributed by atoms with Gasteiger partial charge in [0.1, 0.15) is 5.15 Å². The molecule has 1 aromatic carbocycles. The Hall–Kier alpha value is -2.24. The minimum absolute atomic E-state index is 0.186. The van der Waals surface area contributed by atoms with Crippen LogP contribution in [-0.2, 0) is 6.54 Å². The average molecular weight is 403 g/mol. The van der Waals surface area contributed by atoms with Gasteiger partial charge in [-0.3, -0.25) is 9.78 Å². The van der Waals surface area contributed by atoms with Gasteiger partial charge in [0.25, 0.3) is 5.91 Å². The summed E-state index contributed by atoms with van der Waals surface area (Å²) >= 11 is 9.51. The normalized spacial score (nSPS) is 10.4. The number of anilines is 1. The van der Waals surface area contributed by atoms with Gasteiger partial charge in [-0.25, -0.2) is 4.98 Å². The molecule has 1 amide bonds. The molecule has 6 heteroatoms. The summed E-state index contributed by atoms with van der Waals surface area (Å²) in [5.74, 6) is -0.221. The minimum Gasteiger partial charge on any atom is -0.302 e. The van der Waals surface area contributed by atoms with E-state index in [-0.39, 0.29) is 11.1 Å². The molecule has 0 fully saturated rings. The van der Waals surface area contributed by atoms with Crippen LogP contribution in [0.25, 0.3) is 0 Å². The SMILES string of the molecule is O=C(c1cccnc1Cl)N(Cc1ccccn1)c1ccc(Br)cc1. The number of halogens is 2. The third-order valence-corrected chi connectivity index (χ3v) is 4.25. The molecule has 3 rings (SSSR count). The molecule has 0 radical (unpaired) electrons. The Balaban J connectivity index is 1.99. The fourth-order valence-corrected chi connectivity index (χ4v) is 2.71. The lowest BCUT2D eigenvalue weighted by Gasteiger charge is -2.23. The van der Waals surface area contributed by atoms with Gasteiger partial charge in [-0.05, 0) is 48.5 Å². The molecule has 120 valence electrons. The van der Waals surface area contributed by atoms with Crippen LogP contribution in [0.4, 0.5) is 5.69 Å². The van der Waals surface area contributed by atoms with Crippen molar-refractivity contribution < 1.29 is 4.79 Å². The molecule has 0 atom stereocenters. The van der Waals surface area contributed by atoms with Crippen LogP contribution >= 0.6 is 27.5 Å². The third kappa shape index (κ3) is 3.80. The number of nitrogens with zero attached hydrogens (tertiary/aromatic N) is 3. The Morgan fingerprint density at radius 2 is 1.75 bits per heavy atom. The fraction of sp³-hybridized carbons (Fsp3) is 0.0556. The molecule has 0 aliphatic rings. The molecular formula is C18H13BrClN3O. The molecule has 2 heterocycles. The molecule has 0 unspecified atom stereocenters. The Kier molecular flexibility index (Phi) is 5.23. The lowest BCUT2D eigenvalue weighted by molar-refractivity contribution is 0.0984. The first-order valence-corrected chi connectivity index (χ1v) is 8.40. The molecule has 0 N–H and O–H groups in total. The van der Waals surface area contributed by atoms with E-state index in [1.165, 1.54) is 0 Å². The van der Waals surface area contributed by atoms with Crippen molar-refractivity contribution in [3.63, 3.8) is 0 Å². The number of carbonyl (C=O) groups is 1. The highest BCUT2D eigenvalue weighted by atomic mass is 79.9. The Morgan fingerprint density at radius 1 is 1.00 bits per heavy atom. The highest BCUT2D eigenvalue weighted by molar-refractivity contribution is 9.10. The van der Waals surface area contributed by atoms with Crippen molar-refractivity contribution in [2.75, 3.05) is 4.90 Å². The van der Waals surface area contributed by atoms with Gasteiger partial charge in [0.2, 0.25) is 0 Å². The van der Waals surface area contributed by atoms with E-state index >= 15 is 0 Å². The van der Waals surface area contributed by atoms with E-state index < -0.39 is 0 Å². The number of hydrogen-bond acceptors (Lipinski definition) is 3. The molecule has 2 aromatic heterocycles. The van der Waals surface area contributed by atoms with Crippen molar-refractivity contribution in [1.29, 1.82) is 0 Å². The summed E-state index contributed by atoms with van der Waals surface area (Å²) in [6.07, 6.45) is 3.26. The Morgan fingerprint density at radius 3 is 2.42 bits per heavy atom. The van der Waals surface area contributed by atoms with Gasteiger partial charge in [-0.2, -0.15) is 0 Å². The molecule has 24 heavy (non-hydrogen) atoms. The van der Waals surface area contributed by atoms with Crippen LogP contribution in [-0.4, -0.2) is 15.9 Å². The van der Waals surface area contributed by atoms with E-state index in [2.05, 4.69) is 25.9 Å². The van der Waals surface area contributed by atoms with E-state index in [4.69, 9.17) is 11.6 Å². The van der Waals surface area contributed by atoms with Gasteiger partial charge in [0.15, 0.2) is 0 Å². The van der Waals surface area contributed by atoms with Crippen molar-refractivity contribution in [3.8, 4) is 0 Å². The second-order valence-corrected chi connectivity index (χ2v) is 6.30. The van der Waals surface area contributed by atoms with Gasteiger partial charge < -0.3 is 4.90 Å². The molecule has 0 spiro atoms. The van der Waals surface area contributed by atoms with Crippen LogP contribution in [0.15, 0.2) is 71.5 Å². The van der Waals surface area contributed by atoms with Crippen molar-refractivity contribution in [2.45, 2.75) is 6.54 Å². The summed E-state index contributed by atoms with van der Waals surface area (Å²) in [6.45, 7) is 0.340. The Bertz CT molecular complexity index is 840. The molecule has 0 aliphatic heterocycles. The zero-order valence-corrected chi connectivity index (χ0v) is 14.9. The van der Waals surface area contributed by atoms with Crippen LogP contribution in [0.5, 0.6) is 0 Å². The maximum Gasteiger partial charge on any atom is 0.261 e. The van der Waals surface area contributed by atoms with Gasteiger partial charge >= 0.3 is 0 Å². The van der Waals surface area contributed by atoms with Crippen molar-refractivity contribution in [2.24, 2.45) is 0 Å². The van der Waals surface area contributed by atoms with E-state index in [9.17, 15) is 4.79 Å². The molecule has 0 aliphatic carbocycles. The lowest BCUT2D eigenvalue weighted by Crippen LogP contribution is -2.31. The van der Waals surface area contributed by atoms with Crippen LogP contribution in [0, 0.1) is 0 Å². The number of rotatable bonds is 4. The summed E-state index contributed by atoms with van der Waals surface area (Å²) in [6, 6.07) is 16.5. The second-order valence-electron chi connectivity index (χ2n) is 5.03. The zero-order valence-electron chi connectivity index (χ0n) is 12.6. The number of benzene rings is 1. The quantitative estimate of drug-likeness (QED) is 0.592. The molecule has 0 saturated carbocycles. The number of pyridine rings is 2. The average Bonchev–Trinajstić information content (AvgIpc) is 2.61. The summed E-state index contributed by atoms with van der Waals surface area (Å²) < 4.78 is 0.941. The topological polar surface area (TPSA) is 46.1 Å².